The van der Waals surface area contributed by atoms with Gasteiger partial charge in [0, 0.05) is 30.8 Å². The number of aliphatic hydroxyl groups excluding tert-OH is 1. The molecule has 0 radical (unpaired) electrons. The monoisotopic (exact) mass is 230 g/mol. The van der Waals surface area contributed by atoms with E-state index in [9.17, 15) is 0 Å². The van der Waals surface area contributed by atoms with Crippen molar-refractivity contribution in [3.8, 4) is 0 Å². The minimum Gasteiger partial charge on any atom is -0.396 e. The average molecular weight is 230 g/mol. The van der Waals surface area contributed by atoms with Crippen molar-refractivity contribution in [1.29, 1.82) is 0 Å². The Morgan fingerprint density at radius 2 is 2.24 bits per heavy atom. The van der Waals surface area contributed by atoms with Crippen LogP contribution in [-0.2, 0) is 6.54 Å². The fraction of sp³-hybridized carbons (Fsp3) is 0.357. The number of rotatable bonds is 5. The molecule has 1 aromatic carbocycles. The van der Waals surface area contributed by atoms with E-state index in [-0.39, 0.29) is 6.61 Å². The highest BCUT2D eigenvalue weighted by atomic mass is 16.3. The third-order valence-corrected chi connectivity index (χ3v) is 2.88. The SMILES string of the molecule is CC(CCO)NCc1ccc2ncccc2c1. The molecule has 0 fully saturated rings. The first-order valence-corrected chi connectivity index (χ1v) is 5.97. The molecule has 1 atom stereocenters. The van der Waals surface area contributed by atoms with Crippen molar-refractivity contribution in [2.24, 2.45) is 0 Å². The summed E-state index contributed by atoms with van der Waals surface area (Å²) in [7, 11) is 0. The molecule has 2 aromatic rings. The minimum atomic E-state index is 0.232. The summed E-state index contributed by atoms with van der Waals surface area (Å²) in [5.74, 6) is 0. The zero-order chi connectivity index (χ0) is 12.1. The van der Waals surface area contributed by atoms with Gasteiger partial charge in [-0.25, -0.2) is 0 Å². The summed E-state index contributed by atoms with van der Waals surface area (Å²) in [6.45, 7) is 3.14. The van der Waals surface area contributed by atoms with Gasteiger partial charge in [-0.1, -0.05) is 12.1 Å². The van der Waals surface area contributed by atoms with Gasteiger partial charge in [0.15, 0.2) is 0 Å². The molecular weight excluding hydrogens is 212 g/mol. The summed E-state index contributed by atoms with van der Waals surface area (Å²) < 4.78 is 0. The Morgan fingerprint density at radius 1 is 1.35 bits per heavy atom. The third-order valence-electron chi connectivity index (χ3n) is 2.88. The molecule has 0 saturated heterocycles. The number of benzene rings is 1. The molecule has 0 amide bonds. The summed E-state index contributed by atoms with van der Waals surface area (Å²) >= 11 is 0. The molecule has 3 nitrogen and oxygen atoms in total. The van der Waals surface area contributed by atoms with Crippen molar-refractivity contribution < 1.29 is 5.11 Å². The number of aromatic nitrogens is 1. The number of nitrogens with zero attached hydrogens (tertiary/aromatic N) is 1. The van der Waals surface area contributed by atoms with E-state index in [1.54, 1.807) is 0 Å². The fourth-order valence-corrected chi connectivity index (χ4v) is 1.82. The van der Waals surface area contributed by atoms with Gasteiger partial charge in [-0.05, 0) is 37.1 Å². The molecule has 2 N–H and O–H groups in total. The van der Waals surface area contributed by atoms with Gasteiger partial charge >= 0.3 is 0 Å². The predicted molar refractivity (Wildman–Crippen MR) is 69.7 cm³/mol. The van der Waals surface area contributed by atoms with E-state index in [1.807, 2.05) is 18.3 Å². The van der Waals surface area contributed by atoms with Gasteiger partial charge in [-0.3, -0.25) is 4.98 Å². The lowest BCUT2D eigenvalue weighted by atomic mass is 10.1. The van der Waals surface area contributed by atoms with E-state index in [2.05, 4.69) is 35.4 Å². The predicted octanol–water partition coefficient (Wildman–Crippen LogP) is 2.10. The maximum Gasteiger partial charge on any atom is 0.0702 e. The molecule has 0 aliphatic carbocycles. The summed E-state index contributed by atoms with van der Waals surface area (Å²) in [4.78, 5) is 4.29. The van der Waals surface area contributed by atoms with Crippen molar-refractivity contribution in [1.82, 2.24) is 10.3 Å². The number of fused-ring (bicyclic) bond motifs is 1. The fourth-order valence-electron chi connectivity index (χ4n) is 1.82. The minimum absolute atomic E-state index is 0.232. The molecule has 17 heavy (non-hydrogen) atoms. The second-order valence-electron chi connectivity index (χ2n) is 4.32. The highest BCUT2D eigenvalue weighted by Gasteiger charge is 2.01. The average Bonchev–Trinajstić information content (AvgIpc) is 2.36. The summed E-state index contributed by atoms with van der Waals surface area (Å²) in [6, 6.07) is 10.7. The lowest BCUT2D eigenvalue weighted by Crippen LogP contribution is -2.26. The summed E-state index contributed by atoms with van der Waals surface area (Å²) in [6.07, 6.45) is 2.60. The van der Waals surface area contributed by atoms with Crippen LogP contribution in [0.25, 0.3) is 10.9 Å². The Kier molecular flexibility index (Phi) is 4.07. The number of aliphatic hydroxyl groups is 1. The Balaban J connectivity index is 2.04. The highest BCUT2D eigenvalue weighted by molar-refractivity contribution is 5.78. The Labute approximate surface area is 102 Å². The van der Waals surface area contributed by atoms with E-state index in [0.29, 0.717) is 6.04 Å². The molecule has 1 unspecified atom stereocenters. The molecule has 0 spiro atoms. The second kappa shape index (κ2) is 5.75. The van der Waals surface area contributed by atoms with Crippen LogP contribution in [0.4, 0.5) is 0 Å². The van der Waals surface area contributed by atoms with Crippen LogP contribution in [0.15, 0.2) is 36.5 Å². The van der Waals surface area contributed by atoms with Crippen LogP contribution < -0.4 is 5.32 Å². The molecule has 1 heterocycles. The number of nitrogens with one attached hydrogen (secondary N) is 1. The van der Waals surface area contributed by atoms with E-state index in [0.717, 1.165) is 18.5 Å². The van der Waals surface area contributed by atoms with Gasteiger partial charge in [-0.2, -0.15) is 0 Å². The zero-order valence-corrected chi connectivity index (χ0v) is 10.1. The van der Waals surface area contributed by atoms with Crippen LogP contribution in [0.3, 0.4) is 0 Å². The molecule has 3 heteroatoms. The Bertz CT molecular complexity index is 484. The van der Waals surface area contributed by atoms with Gasteiger partial charge in [0.25, 0.3) is 0 Å². The Hall–Kier alpha value is -1.45. The van der Waals surface area contributed by atoms with Crippen LogP contribution in [0.5, 0.6) is 0 Å². The van der Waals surface area contributed by atoms with Gasteiger partial charge in [0.2, 0.25) is 0 Å². The topological polar surface area (TPSA) is 45.1 Å². The maximum absolute atomic E-state index is 8.83. The van der Waals surface area contributed by atoms with Crippen molar-refractivity contribution in [3.63, 3.8) is 0 Å². The molecule has 1 aromatic heterocycles. The largest absolute Gasteiger partial charge is 0.396 e. The van der Waals surface area contributed by atoms with E-state index in [1.165, 1.54) is 10.9 Å². The lowest BCUT2D eigenvalue weighted by Gasteiger charge is -2.12. The first kappa shape index (κ1) is 12.0. The Morgan fingerprint density at radius 3 is 3.06 bits per heavy atom. The van der Waals surface area contributed by atoms with Crippen molar-refractivity contribution >= 4 is 10.9 Å². The molecule has 0 aliphatic heterocycles. The summed E-state index contributed by atoms with van der Waals surface area (Å²) in [5, 5.41) is 13.4. The van der Waals surface area contributed by atoms with Crippen LogP contribution >= 0.6 is 0 Å². The van der Waals surface area contributed by atoms with Gasteiger partial charge < -0.3 is 10.4 Å². The van der Waals surface area contributed by atoms with Crippen LogP contribution in [0.1, 0.15) is 18.9 Å². The van der Waals surface area contributed by atoms with E-state index >= 15 is 0 Å². The number of hydrogen-bond donors (Lipinski definition) is 2. The van der Waals surface area contributed by atoms with Gasteiger partial charge in [-0.15, -0.1) is 0 Å². The summed E-state index contributed by atoms with van der Waals surface area (Å²) in [5.41, 5.74) is 2.27. The normalized spacial score (nSPS) is 12.8. The maximum atomic E-state index is 8.83. The van der Waals surface area contributed by atoms with Crippen molar-refractivity contribution in [2.75, 3.05) is 6.61 Å². The van der Waals surface area contributed by atoms with E-state index < -0.39 is 0 Å². The van der Waals surface area contributed by atoms with Crippen molar-refractivity contribution in [2.45, 2.75) is 25.9 Å². The molecular formula is C14H18N2O. The van der Waals surface area contributed by atoms with Crippen LogP contribution in [-0.4, -0.2) is 22.7 Å². The first-order valence-electron chi connectivity index (χ1n) is 5.97. The lowest BCUT2D eigenvalue weighted by molar-refractivity contribution is 0.268. The highest BCUT2D eigenvalue weighted by Crippen LogP contribution is 2.13. The molecule has 0 aliphatic rings. The van der Waals surface area contributed by atoms with Gasteiger partial charge in [0.05, 0.1) is 5.52 Å². The van der Waals surface area contributed by atoms with Crippen LogP contribution in [0, 0.1) is 0 Å². The zero-order valence-electron chi connectivity index (χ0n) is 10.1. The van der Waals surface area contributed by atoms with Crippen molar-refractivity contribution in [3.05, 3.63) is 42.1 Å². The van der Waals surface area contributed by atoms with Gasteiger partial charge in [0.1, 0.15) is 0 Å². The third kappa shape index (κ3) is 3.25. The van der Waals surface area contributed by atoms with E-state index in [4.69, 9.17) is 5.11 Å². The molecule has 0 bridgehead atoms. The van der Waals surface area contributed by atoms with Crippen LogP contribution in [0.2, 0.25) is 0 Å². The smallest absolute Gasteiger partial charge is 0.0702 e. The molecule has 90 valence electrons. The number of hydrogen-bond acceptors (Lipinski definition) is 3. The number of pyridine rings is 1. The quantitative estimate of drug-likeness (QED) is 0.826. The standard InChI is InChI=1S/C14H18N2O/c1-11(6-8-17)16-10-12-4-5-14-13(9-12)3-2-7-15-14/h2-5,7,9,11,16-17H,6,8,10H2,1H3. The molecule has 2 rings (SSSR count). The first-order chi connectivity index (χ1) is 8.29. The second-order valence-corrected chi connectivity index (χ2v) is 4.32. The molecule has 0 saturated carbocycles.